The van der Waals surface area contributed by atoms with Crippen LogP contribution in [0.5, 0.6) is 5.75 Å². The molecule has 3 rings (SSSR count). The molecule has 1 aliphatic heterocycles. The van der Waals surface area contributed by atoms with Crippen molar-refractivity contribution in [2.45, 2.75) is 46.1 Å². The predicted octanol–water partition coefficient (Wildman–Crippen LogP) is 5.00. The van der Waals surface area contributed by atoms with Crippen LogP contribution in [0.4, 0.5) is 10.6 Å². The maximum Gasteiger partial charge on any atom is 0.323 e. The molecule has 1 fully saturated rings. The molecule has 2 atom stereocenters. The van der Waals surface area contributed by atoms with Crippen molar-refractivity contribution in [2.75, 3.05) is 18.4 Å². The Kier molecular flexibility index (Phi) is 7.22. The van der Waals surface area contributed by atoms with Gasteiger partial charge in [-0.05, 0) is 55.5 Å². The van der Waals surface area contributed by atoms with Crippen molar-refractivity contribution in [1.82, 2.24) is 15.1 Å². The van der Waals surface area contributed by atoms with Crippen molar-refractivity contribution < 1.29 is 9.53 Å². The fourth-order valence-electron chi connectivity index (χ4n) is 3.59. The van der Waals surface area contributed by atoms with E-state index in [4.69, 9.17) is 4.74 Å². The third-order valence-electron chi connectivity index (χ3n) is 5.13. The highest BCUT2D eigenvalue weighted by atomic mass is 16.5. The number of rotatable bonds is 6. The lowest BCUT2D eigenvalue weighted by molar-refractivity contribution is 0.197. The smallest absolute Gasteiger partial charge is 0.323 e. The number of nitrogens with one attached hydrogen (secondary N) is 1. The van der Waals surface area contributed by atoms with Gasteiger partial charge in [-0.15, -0.1) is 5.10 Å². The van der Waals surface area contributed by atoms with Gasteiger partial charge in [0, 0.05) is 19.3 Å². The number of amides is 2. The summed E-state index contributed by atoms with van der Waals surface area (Å²) in [5.41, 5.74) is 2.50. The number of ether oxygens (including phenoxy) is 1. The second-order valence-electron chi connectivity index (χ2n) is 7.65. The molecular formula is C23H30N4O2. The minimum atomic E-state index is -0.128. The van der Waals surface area contributed by atoms with Gasteiger partial charge in [0.1, 0.15) is 5.75 Å². The number of hydrogen-bond donors (Lipinski definition) is 1. The Labute approximate surface area is 173 Å². The van der Waals surface area contributed by atoms with Crippen LogP contribution in [0.3, 0.4) is 0 Å². The van der Waals surface area contributed by atoms with E-state index in [1.165, 1.54) is 5.57 Å². The van der Waals surface area contributed by atoms with Gasteiger partial charge < -0.3 is 9.64 Å². The van der Waals surface area contributed by atoms with Gasteiger partial charge in [-0.1, -0.05) is 44.1 Å². The molecule has 29 heavy (non-hydrogen) atoms. The molecule has 2 amide bonds. The Morgan fingerprint density at radius 1 is 1.38 bits per heavy atom. The lowest BCUT2D eigenvalue weighted by atomic mass is 9.91. The Hall–Kier alpha value is -2.89. The minimum absolute atomic E-state index is 0.128. The topological polar surface area (TPSA) is 67.3 Å². The van der Waals surface area contributed by atoms with Crippen LogP contribution in [0, 0.1) is 5.92 Å². The van der Waals surface area contributed by atoms with E-state index >= 15 is 0 Å². The predicted molar refractivity (Wildman–Crippen MR) is 116 cm³/mol. The van der Waals surface area contributed by atoms with E-state index in [9.17, 15) is 4.79 Å². The summed E-state index contributed by atoms with van der Waals surface area (Å²) < 4.78 is 6.02. The quantitative estimate of drug-likeness (QED) is 0.748. The zero-order valence-corrected chi connectivity index (χ0v) is 17.5. The molecule has 0 radical (unpaired) electrons. The number of carbonyl (C=O) groups excluding carboxylic acids is 1. The Morgan fingerprint density at radius 3 is 2.97 bits per heavy atom. The average molecular weight is 395 g/mol. The molecular weight excluding hydrogens is 364 g/mol. The Bertz CT molecular complexity index is 838. The summed E-state index contributed by atoms with van der Waals surface area (Å²) in [5.74, 6) is 1.68. The van der Waals surface area contributed by atoms with Crippen molar-refractivity contribution in [3.05, 3.63) is 53.7 Å². The SMILES string of the molecule is CCCC(C)Oc1cccc(/C=C2\CCN(C(=O)Nc3cccnn3)CC2C)c1. The molecule has 0 spiro atoms. The monoisotopic (exact) mass is 394 g/mol. The van der Waals surface area contributed by atoms with Crippen LogP contribution < -0.4 is 10.1 Å². The summed E-state index contributed by atoms with van der Waals surface area (Å²) >= 11 is 0. The highest BCUT2D eigenvalue weighted by Gasteiger charge is 2.24. The molecule has 154 valence electrons. The van der Waals surface area contributed by atoms with Crippen molar-refractivity contribution >= 4 is 17.9 Å². The molecule has 6 nitrogen and oxygen atoms in total. The second kappa shape index (κ2) is 10.0. The Morgan fingerprint density at radius 2 is 2.24 bits per heavy atom. The Balaban J connectivity index is 1.60. The van der Waals surface area contributed by atoms with E-state index in [1.54, 1.807) is 18.3 Å². The van der Waals surface area contributed by atoms with E-state index in [0.29, 0.717) is 24.8 Å². The number of anilines is 1. The molecule has 0 saturated carbocycles. The highest BCUT2D eigenvalue weighted by Crippen LogP contribution is 2.26. The van der Waals surface area contributed by atoms with Gasteiger partial charge in [0.15, 0.2) is 5.82 Å². The van der Waals surface area contributed by atoms with E-state index in [1.807, 2.05) is 17.0 Å². The van der Waals surface area contributed by atoms with Gasteiger partial charge in [0.25, 0.3) is 0 Å². The number of carbonyl (C=O) groups is 1. The summed E-state index contributed by atoms with van der Waals surface area (Å²) in [7, 11) is 0. The standard InChI is InChI=1S/C23H30N4O2/c1-4-7-18(3)29-21-9-5-8-19(15-21)14-20-11-13-27(16-17(20)2)23(28)25-22-10-6-12-24-26-22/h5-6,8-10,12,14-15,17-18H,4,7,11,13,16H2,1-3H3,(H,25,26,28)/b20-14+. The largest absolute Gasteiger partial charge is 0.491 e. The van der Waals surface area contributed by atoms with Crippen LogP contribution in [0.1, 0.15) is 45.6 Å². The van der Waals surface area contributed by atoms with Crippen LogP contribution in [0.2, 0.25) is 0 Å². The number of hydrogen-bond acceptors (Lipinski definition) is 4. The maximum absolute atomic E-state index is 12.5. The molecule has 1 aromatic heterocycles. The molecule has 1 saturated heterocycles. The van der Waals surface area contributed by atoms with Crippen LogP contribution in [-0.4, -0.2) is 40.3 Å². The van der Waals surface area contributed by atoms with Crippen molar-refractivity contribution in [2.24, 2.45) is 5.92 Å². The van der Waals surface area contributed by atoms with Crippen LogP contribution >= 0.6 is 0 Å². The highest BCUT2D eigenvalue weighted by molar-refractivity contribution is 5.88. The summed E-state index contributed by atoms with van der Waals surface area (Å²) in [6.45, 7) is 7.81. The lowest BCUT2D eigenvalue weighted by Gasteiger charge is -2.33. The first-order valence-corrected chi connectivity index (χ1v) is 10.4. The third-order valence-corrected chi connectivity index (χ3v) is 5.13. The number of nitrogens with zero attached hydrogens (tertiary/aromatic N) is 3. The fraction of sp³-hybridized carbons (Fsp3) is 0.435. The number of urea groups is 1. The van der Waals surface area contributed by atoms with Gasteiger partial charge in [-0.25, -0.2) is 4.79 Å². The molecule has 6 heteroatoms. The molecule has 1 N–H and O–H groups in total. The summed E-state index contributed by atoms with van der Waals surface area (Å²) in [5, 5.41) is 10.5. The molecule has 0 aliphatic carbocycles. The number of piperidine rings is 1. The van der Waals surface area contributed by atoms with Gasteiger partial charge in [0.05, 0.1) is 6.10 Å². The first kappa shape index (κ1) is 20.8. The second-order valence-corrected chi connectivity index (χ2v) is 7.65. The molecule has 1 aromatic carbocycles. The number of benzene rings is 1. The van der Waals surface area contributed by atoms with E-state index in [0.717, 1.165) is 30.6 Å². The molecule has 1 aliphatic rings. The fourth-order valence-corrected chi connectivity index (χ4v) is 3.59. The molecule has 0 bridgehead atoms. The van der Waals surface area contributed by atoms with Gasteiger partial charge >= 0.3 is 6.03 Å². The normalized spacial score (nSPS) is 19.1. The maximum atomic E-state index is 12.5. The van der Waals surface area contributed by atoms with Crippen molar-refractivity contribution in [3.8, 4) is 5.75 Å². The zero-order chi connectivity index (χ0) is 20.6. The number of likely N-dealkylation sites (tertiary alicyclic amines) is 1. The average Bonchev–Trinajstić information content (AvgIpc) is 2.70. The summed E-state index contributed by atoms with van der Waals surface area (Å²) in [6, 6.07) is 11.6. The lowest BCUT2D eigenvalue weighted by Crippen LogP contribution is -2.42. The van der Waals surface area contributed by atoms with Crippen molar-refractivity contribution in [3.63, 3.8) is 0 Å². The van der Waals surface area contributed by atoms with Gasteiger partial charge in [0.2, 0.25) is 0 Å². The zero-order valence-electron chi connectivity index (χ0n) is 17.5. The van der Waals surface area contributed by atoms with E-state index in [2.05, 4.69) is 54.5 Å². The van der Waals surface area contributed by atoms with E-state index in [-0.39, 0.29) is 12.1 Å². The summed E-state index contributed by atoms with van der Waals surface area (Å²) in [6.07, 6.45) is 7.06. The summed E-state index contributed by atoms with van der Waals surface area (Å²) in [4.78, 5) is 14.3. The van der Waals surface area contributed by atoms with Gasteiger partial charge in [-0.3, -0.25) is 5.32 Å². The molecule has 2 heterocycles. The first-order valence-electron chi connectivity index (χ1n) is 10.4. The third kappa shape index (κ3) is 6.04. The molecule has 2 aromatic rings. The minimum Gasteiger partial charge on any atom is -0.491 e. The molecule has 2 unspecified atom stereocenters. The van der Waals surface area contributed by atoms with Crippen LogP contribution in [0.25, 0.3) is 6.08 Å². The van der Waals surface area contributed by atoms with E-state index < -0.39 is 0 Å². The van der Waals surface area contributed by atoms with Crippen molar-refractivity contribution in [1.29, 1.82) is 0 Å². The van der Waals surface area contributed by atoms with Gasteiger partial charge in [-0.2, -0.15) is 5.10 Å². The first-order chi connectivity index (χ1) is 14.0. The van der Waals surface area contributed by atoms with Crippen LogP contribution in [0.15, 0.2) is 48.2 Å². The number of aromatic nitrogens is 2. The van der Waals surface area contributed by atoms with Crippen LogP contribution in [-0.2, 0) is 0 Å².